The summed E-state index contributed by atoms with van der Waals surface area (Å²) in [6, 6.07) is 18.4. The summed E-state index contributed by atoms with van der Waals surface area (Å²) in [7, 11) is 0. The Balaban J connectivity index is 1.42. The van der Waals surface area contributed by atoms with Crippen LogP contribution < -0.4 is 10.6 Å². The van der Waals surface area contributed by atoms with E-state index in [2.05, 4.69) is 55.9 Å². The van der Waals surface area contributed by atoms with Gasteiger partial charge < -0.3 is 10.6 Å². The summed E-state index contributed by atoms with van der Waals surface area (Å²) >= 11 is 0. The maximum Gasteiger partial charge on any atom is 0.0991 e. The highest BCUT2D eigenvalue weighted by Gasteiger charge is 2.16. The standard InChI is InChI=1S/C24H22N6/c25-14-17-1-4-20(5-2-17)29-23-9-12-27-24-13-18(3-6-22(23)24)19-15-28-30(16-19)21-7-10-26-11-8-21/h1-6,9,12-13,15-16,21,26H,7-8,10-11H2,(H,27,29). The van der Waals surface area contributed by atoms with E-state index in [4.69, 9.17) is 5.26 Å². The van der Waals surface area contributed by atoms with Crippen LogP contribution in [-0.2, 0) is 0 Å². The zero-order valence-corrected chi connectivity index (χ0v) is 16.5. The number of anilines is 2. The molecular weight excluding hydrogens is 372 g/mol. The van der Waals surface area contributed by atoms with Crippen molar-refractivity contribution < 1.29 is 0 Å². The van der Waals surface area contributed by atoms with Crippen LogP contribution in [0.4, 0.5) is 11.4 Å². The van der Waals surface area contributed by atoms with Crippen LogP contribution in [0.25, 0.3) is 22.0 Å². The van der Waals surface area contributed by atoms with Crippen LogP contribution in [-0.4, -0.2) is 27.9 Å². The van der Waals surface area contributed by atoms with Crippen molar-refractivity contribution in [2.45, 2.75) is 18.9 Å². The van der Waals surface area contributed by atoms with Crippen LogP contribution in [0, 0.1) is 11.3 Å². The summed E-state index contributed by atoms with van der Waals surface area (Å²) in [6.07, 6.45) is 8.14. The molecule has 0 atom stereocenters. The number of aromatic nitrogens is 3. The second-order valence-electron chi connectivity index (χ2n) is 7.59. The van der Waals surface area contributed by atoms with Crippen LogP contribution in [0.5, 0.6) is 0 Å². The van der Waals surface area contributed by atoms with Gasteiger partial charge in [0.25, 0.3) is 0 Å². The van der Waals surface area contributed by atoms with Crippen LogP contribution in [0.3, 0.4) is 0 Å². The predicted molar refractivity (Wildman–Crippen MR) is 119 cm³/mol. The molecule has 1 aliphatic heterocycles. The van der Waals surface area contributed by atoms with E-state index in [1.165, 1.54) is 0 Å². The minimum absolute atomic E-state index is 0.474. The normalized spacial score (nSPS) is 14.5. The molecule has 2 N–H and O–H groups in total. The topological polar surface area (TPSA) is 78.6 Å². The minimum atomic E-state index is 0.474. The van der Waals surface area contributed by atoms with Gasteiger partial charge in [-0.1, -0.05) is 12.1 Å². The molecule has 0 spiro atoms. The lowest BCUT2D eigenvalue weighted by Gasteiger charge is -2.22. The van der Waals surface area contributed by atoms with Crippen molar-refractivity contribution in [2.75, 3.05) is 18.4 Å². The van der Waals surface area contributed by atoms with Crippen LogP contribution in [0.1, 0.15) is 24.4 Å². The van der Waals surface area contributed by atoms with Gasteiger partial charge in [-0.05, 0) is 67.9 Å². The van der Waals surface area contributed by atoms with Crippen molar-refractivity contribution in [1.82, 2.24) is 20.1 Å². The maximum atomic E-state index is 8.97. The molecule has 0 saturated carbocycles. The lowest BCUT2D eigenvalue weighted by atomic mass is 10.1. The number of piperidine rings is 1. The number of nitrogens with one attached hydrogen (secondary N) is 2. The van der Waals surface area contributed by atoms with E-state index in [9.17, 15) is 0 Å². The van der Waals surface area contributed by atoms with Crippen molar-refractivity contribution in [3.63, 3.8) is 0 Å². The van der Waals surface area contributed by atoms with E-state index in [1.54, 1.807) is 0 Å². The molecule has 5 rings (SSSR count). The first-order valence-corrected chi connectivity index (χ1v) is 10.2. The van der Waals surface area contributed by atoms with Gasteiger partial charge in [0.05, 0.1) is 29.4 Å². The number of pyridine rings is 1. The predicted octanol–water partition coefficient (Wildman–Crippen LogP) is 4.64. The number of rotatable bonds is 4. The summed E-state index contributed by atoms with van der Waals surface area (Å²) in [5.74, 6) is 0. The monoisotopic (exact) mass is 394 g/mol. The van der Waals surface area contributed by atoms with Gasteiger partial charge >= 0.3 is 0 Å². The Morgan fingerprint density at radius 3 is 2.67 bits per heavy atom. The number of hydrogen-bond donors (Lipinski definition) is 2. The fraction of sp³-hybridized carbons (Fsp3) is 0.208. The molecule has 1 fully saturated rings. The summed E-state index contributed by atoms with van der Waals surface area (Å²) < 4.78 is 2.11. The SMILES string of the molecule is N#Cc1ccc(Nc2ccnc3cc(-c4cnn(C5CCNCC5)c4)ccc23)cc1. The Labute approximate surface area is 175 Å². The second kappa shape index (κ2) is 7.97. The highest BCUT2D eigenvalue weighted by atomic mass is 15.3. The van der Waals surface area contributed by atoms with Crippen molar-refractivity contribution in [1.29, 1.82) is 5.26 Å². The molecule has 30 heavy (non-hydrogen) atoms. The Hall–Kier alpha value is -3.69. The van der Waals surface area contributed by atoms with Gasteiger partial charge in [0.1, 0.15) is 0 Å². The quantitative estimate of drug-likeness (QED) is 0.527. The van der Waals surface area contributed by atoms with E-state index < -0.39 is 0 Å². The molecule has 0 radical (unpaired) electrons. The number of nitriles is 1. The third-order valence-corrected chi connectivity index (χ3v) is 5.65. The average molecular weight is 394 g/mol. The number of benzene rings is 2. The fourth-order valence-corrected chi connectivity index (χ4v) is 3.98. The Bertz CT molecular complexity index is 1210. The van der Waals surface area contributed by atoms with Crippen molar-refractivity contribution in [3.05, 3.63) is 72.7 Å². The lowest BCUT2D eigenvalue weighted by Crippen LogP contribution is -2.29. The van der Waals surface area contributed by atoms with E-state index in [0.717, 1.165) is 59.3 Å². The summed E-state index contributed by atoms with van der Waals surface area (Å²) in [4.78, 5) is 4.58. The Morgan fingerprint density at radius 2 is 1.87 bits per heavy atom. The molecule has 3 heterocycles. The highest BCUT2D eigenvalue weighted by Crippen LogP contribution is 2.30. The van der Waals surface area contributed by atoms with Crippen molar-refractivity contribution in [2.24, 2.45) is 0 Å². The van der Waals surface area contributed by atoms with Gasteiger partial charge in [-0.2, -0.15) is 10.4 Å². The van der Waals surface area contributed by atoms with E-state index >= 15 is 0 Å². The molecule has 6 heteroatoms. The third-order valence-electron chi connectivity index (χ3n) is 5.65. The van der Waals surface area contributed by atoms with Gasteiger partial charge in [0, 0.05) is 34.7 Å². The zero-order chi connectivity index (χ0) is 20.3. The number of hydrogen-bond acceptors (Lipinski definition) is 5. The van der Waals surface area contributed by atoms with Gasteiger partial charge in [-0.25, -0.2) is 0 Å². The molecule has 1 saturated heterocycles. The first-order valence-electron chi connectivity index (χ1n) is 10.2. The largest absolute Gasteiger partial charge is 0.355 e. The smallest absolute Gasteiger partial charge is 0.0991 e. The summed E-state index contributed by atoms with van der Waals surface area (Å²) in [5, 5.41) is 21.5. The summed E-state index contributed by atoms with van der Waals surface area (Å²) in [6.45, 7) is 2.10. The van der Waals surface area contributed by atoms with E-state index in [1.807, 2.05) is 42.7 Å². The van der Waals surface area contributed by atoms with Crippen LogP contribution >= 0.6 is 0 Å². The average Bonchev–Trinajstić information content (AvgIpc) is 3.30. The Kier molecular flexibility index (Phi) is 4.88. The molecule has 2 aromatic heterocycles. The first-order chi connectivity index (χ1) is 14.8. The molecular formula is C24H22N6. The second-order valence-corrected chi connectivity index (χ2v) is 7.59. The van der Waals surface area contributed by atoms with Gasteiger partial charge in [0.2, 0.25) is 0 Å². The first kappa shape index (κ1) is 18.3. The molecule has 0 aliphatic carbocycles. The molecule has 0 amide bonds. The van der Waals surface area contributed by atoms with Crippen molar-refractivity contribution in [3.8, 4) is 17.2 Å². The molecule has 2 aromatic carbocycles. The molecule has 6 nitrogen and oxygen atoms in total. The molecule has 0 bridgehead atoms. The highest BCUT2D eigenvalue weighted by molar-refractivity contribution is 5.95. The molecule has 148 valence electrons. The minimum Gasteiger partial charge on any atom is -0.355 e. The third kappa shape index (κ3) is 3.63. The maximum absolute atomic E-state index is 8.97. The molecule has 4 aromatic rings. The molecule has 1 aliphatic rings. The van der Waals surface area contributed by atoms with E-state index in [0.29, 0.717) is 11.6 Å². The van der Waals surface area contributed by atoms with Gasteiger partial charge in [-0.15, -0.1) is 0 Å². The van der Waals surface area contributed by atoms with Crippen LogP contribution in [0.2, 0.25) is 0 Å². The van der Waals surface area contributed by atoms with Crippen LogP contribution in [0.15, 0.2) is 67.1 Å². The van der Waals surface area contributed by atoms with Gasteiger partial charge in [0.15, 0.2) is 0 Å². The zero-order valence-electron chi connectivity index (χ0n) is 16.5. The van der Waals surface area contributed by atoms with E-state index in [-0.39, 0.29) is 0 Å². The number of fused-ring (bicyclic) bond motifs is 1. The van der Waals surface area contributed by atoms with Crippen molar-refractivity contribution >= 4 is 22.3 Å². The fourth-order valence-electron chi connectivity index (χ4n) is 3.98. The summed E-state index contributed by atoms with van der Waals surface area (Å²) in [5.41, 5.74) is 5.74. The Morgan fingerprint density at radius 1 is 1.03 bits per heavy atom. The molecule has 0 unspecified atom stereocenters. The van der Waals surface area contributed by atoms with Gasteiger partial charge in [-0.3, -0.25) is 9.67 Å². The number of nitrogens with zero attached hydrogens (tertiary/aromatic N) is 4. The lowest BCUT2D eigenvalue weighted by molar-refractivity contribution is 0.343.